The summed E-state index contributed by atoms with van der Waals surface area (Å²) in [4.78, 5) is 30.5. The van der Waals surface area contributed by atoms with E-state index in [-0.39, 0.29) is 42.0 Å². The van der Waals surface area contributed by atoms with Gasteiger partial charge in [0, 0.05) is 32.6 Å². The Labute approximate surface area is 163 Å². The number of hydrogen-bond donors (Lipinski definition) is 3. The third-order valence-electron chi connectivity index (χ3n) is 4.53. The largest absolute Gasteiger partial charge is 0.340 e. The highest BCUT2D eigenvalue weighted by molar-refractivity contribution is 7.89. The molecule has 2 heterocycles. The standard InChI is InChI=1S/C16H23N5O4S.ClH/c1-17-6-2-3-15(22)20-7-9-21(10-8-20)26(24,25)12-4-5-13-14(11-12)19-16(23)18-13;/h4-5,11,17H,2-3,6-10H2,1H3,(H2,18,19,23);1H. The lowest BCUT2D eigenvalue weighted by Crippen LogP contribution is -2.50. The van der Waals surface area contributed by atoms with Crippen molar-refractivity contribution >= 4 is 39.4 Å². The number of hydrogen-bond acceptors (Lipinski definition) is 5. The molecule has 0 radical (unpaired) electrons. The molecular formula is C16H24ClN5O4S. The molecule has 1 aliphatic heterocycles. The van der Waals surface area contributed by atoms with E-state index in [1.807, 2.05) is 7.05 Å². The monoisotopic (exact) mass is 417 g/mol. The van der Waals surface area contributed by atoms with Crippen molar-refractivity contribution < 1.29 is 13.2 Å². The Balaban J connectivity index is 0.00000261. The van der Waals surface area contributed by atoms with Gasteiger partial charge in [-0.1, -0.05) is 0 Å². The molecule has 0 atom stereocenters. The van der Waals surface area contributed by atoms with Gasteiger partial charge < -0.3 is 20.2 Å². The summed E-state index contributed by atoms with van der Waals surface area (Å²) < 4.78 is 27.1. The molecular weight excluding hydrogens is 394 g/mol. The number of H-pyrrole nitrogens is 2. The van der Waals surface area contributed by atoms with Gasteiger partial charge in [-0.3, -0.25) is 4.79 Å². The number of benzene rings is 1. The van der Waals surface area contributed by atoms with E-state index in [0.29, 0.717) is 30.5 Å². The zero-order chi connectivity index (χ0) is 18.7. The summed E-state index contributed by atoms with van der Waals surface area (Å²) in [5.41, 5.74) is 0.639. The summed E-state index contributed by atoms with van der Waals surface area (Å²) in [5, 5.41) is 3.00. The molecule has 1 fully saturated rings. The third-order valence-corrected chi connectivity index (χ3v) is 6.43. The third kappa shape index (κ3) is 4.70. The van der Waals surface area contributed by atoms with Crippen LogP contribution >= 0.6 is 12.4 Å². The second-order valence-electron chi connectivity index (χ2n) is 6.28. The van der Waals surface area contributed by atoms with Gasteiger partial charge in [0.15, 0.2) is 0 Å². The first-order chi connectivity index (χ1) is 12.4. The van der Waals surface area contributed by atoms with Crippen molar-refractivity contribution in [3.8, 4) is 0 Å². The van der Waals surface area contributed by atoms with Crippen molar-refractivity contribution in [2.75, 3.05) is 39.8 Å². The SMILES string of the molecule is CNCCCC(=O)N1CCN(S(=O)(=O)c2ccc3[nH]c(=O)[nH]c3c2)CC1.Cl. The summed E-state index contributed by atoms with van der Waals surface area (Å²) in [7, 11) is -1.82. The molecule has 0 saturated carbocycles. The number of fused-ring (bicyclic) bond motifs is 1. The first-order valence-electron chi connectivity index (χ1n) is 8.56. The number of piperazine rings is 1. The van der Waals surface area contributed by atoms with Gasteiger partial charge in [0.1, 0.15) is 0 Å². The minimum Gasteiger partial charge on any atom is -0.340 e. The zero-order valence-corrected chi connectivity index (χ0v) is 16.7. The molecule has 3 N–H and O–H groups in total. The lowest BCUT2D eigenvalue weighted by molar-refractivity contribution is -0.132. The van der Waals surface area contributed by atoms with E-state index < -0.39 is 10.0 Å². The molecule has 150 valence electrons. The van der Waals surface area contributed by atoms with Crippen molar-refractivity contribution in [1.29, 1.82) is 0 Å². The van der Waals surface area contributed by atoms with Crippen LogP contribution in [0.25, 0.3) is 11.0 Å². The fourth-order valence-electron chi connectivity index (χ4n) is 3.07. The number of aromatic amines is 2. The van der Waals surface area contributed by atoms with Crippen LogP contribution in [0.1, 0.15) is 12.8 Å². The number of amides is 1. The van der Waals surface area contributed by atoms with E-state index in [2.05, 4.69) is 15.3 Å². The molecule has 0 unspecified atom stereocenters. The summed E-state index contributed by atoms with van der Waals surface area (Å²) in [6, 6.07) is 4.51. The maximum absolute atomic E-state index is 12.8. The van der Waals surface area contributed by atoms with Crippen molar-refractivity contribution in [3.05, 3.63) is 28.7 Å². The quantitative estimate of drug-likeness (QED) is 0.576. The maximum atomic E-state index is 12.8. The number of rotatable bonds is 6. The second kappa shape index (κ2) is 8.87. The Morgan fingerprint density at radius 3 is 2.48 bits per heavy atom. The van der Waals surface area contributed by atoms with Crippen LogP contribution in [0.3, 0.4) is 0 Å². The van der Waals surface area contributed by atoms with Gasteiger partial charge in [-0.05, 0) is 38.2 Å². The summed E-state index contributed by atoms with van der Waals surface area (Å²) in [6.45, 7) is 2.09. The zero-order valence-electron chi connectivity index (χ0n) is 15.0. The molecule has 0 spiro atoms. The molecule has 1 aliphatic rings. The van der Waals surface area contributed by atoms with Crippen LogP contribution in [0.4, 0.5) is 0 Å². The summed E-state index contributed by atoms with van der Waals surface area (Å²) >= 11 is 0. The van der Waals surface area contributed by atoms with Crippen LogP contribution in [-0.4, -0.2) is 73.3 Å². The van der Waals surface area contributed by atoms with Crippen LogP contribution < -0.4 is 11.0 Å². The van der Waals surface area contributed by atoms with Gasteiger partial charge in [-0.25, -0.2) is 13.2 Å². The lowest BCUT2D eigenvalue weighted by atomic mass is 10.2. The number of imidazole rings is 1. The number of sulfonamides is 1. The van der Waals surface area contributed by atoms with E-state index in [4.69, 9.17) is 0 Å². The summed E-state index contributed by atoms with van der Waals surface area (Å²) in [5.74, 6) is 0.0589. The van der Waals surface area contributed by atoms with Gasteiger partial charge in [0.05, 0.1) is 15.9 Å². The first kappa shape index (κ1) is 21.4. The van der Waals surface area contributed by atoms with E-state index in [0.717, 1.165) is 13.0 Å². The fourth-order valence-corrected chi connectivity index (χ4v) is 4.52. The van der Waals surface area contributed by atoms with Crippen LogP contribution in [0, 0.1) is 0 Å². The highest BCUT2D eigenvalue weighted by Crippen LogP contribution is 2.20. The molecule has 9 nitrogen and oxygen atoms in total. The number of aromatic nitrogens is 2. The van der Waals surface area contributed by atoms with Crippen molar-refractivity contribution in [1.82, 2.24) is 24.5 Å². The smallest absolute Gasteiger partial charge is 0.323 e. The molecule has 1 saturated heterocycles. The normalized spacial score (nSPS) is 15.7. The lowest BCUT2D eigenvalue weighted by Gasteiger charge is -2.34. The predicted molar refractivity (Wildman–Crippen MR) is 105 cm³/mol. The molecule has 11 heteroatoms. The van der Waals surface area contributed by atoms with Crippen molar-refractivity contribution in [2.45, 2.75) is 17.7 Å². The van der Waals surface area contributed by atoms with Crippen LogP contribution in [0.5, 0.6) is 0 Å². The number of halogens is 1. The molecule has 1 aromatic heterocycles. The molecule has 0 aliphatic carbocycles. The highest BCUT2D eigenvalue weighted by atomic mass is 35.5. The molecule has 27 heavy (non-hydrogen) atoms. The molecule has 1 amide bonds. The maximum Gasteiger partial charge on any atom is 0.323 e. The molecule has 1 aromatic carbocycles. The van der Waals surface area contributed by atoms with E-state index in [9.17, 15) is 18.0 Å². The van der Waals surface area contributed by atoms with Gasteiger partial charge in [0.25, 0.3) is 0 Å². The predicted octanol–water partition coefficient (Wildman–Crippen LogP) is 0.111. The Bertz CT molecular complexity index is 947. The van der Waals surface area contributed by atoms with Crippen LogP contribution in [-0.2, 0) is 14.8 Å². The van der Waals surface area contributed by atoms with Crippen LogP contribution in [0.15, 0.2) is 27.9 Å². The van der Waals surface area contributed by atoms with Gasteiger partial charge in [-0.15, -0.1) is 12.4 Å². The minimum absolute atomic E-state index is 0. The number of carbonyl (C=O) groups is 1. The summed E-state index contributed by atoms with van der Waals surface area (Å²) in [6.07, 6.45) is 1.23. The van der Waals surface area contributed by atoms with Crippen LogP contribution in [0.2, 0.25) is 0 Å². The Hall–Kier alpha value is -1.88. The van der Waals surface area contributed by atoms with E-state index in [1.54, 1.807) is 11.0 Å². The average Bonchev–Trinajstić information content (AvgIpc) is 3.01. The highest BCUT2D eigenvalue weighted by Gasteiger charge is 2.30. The van der Waals surface area contributed by atoms with E-state index in [1.165, 1.54) is 16.4 Å². The molecule has 0 bridgehead atoms. The second-order valence-corrected chi connectivity index (χ2v) is 8.22. The van der Waals surface area contributed by atoms with Crippen molar-refractivity contribution in [3.63, 3.8) is 0 Å². The Kier molecular flexibility index (Phi) is 7.04. The molecule has 2 aromatic rings. The van der Waals surface area contributed by atoms with Gasteiger partial charge >= 0.3 is 5.69 Å². The topological polar surface area (TPSA) is 118 Å². The van der Waals surface area contributed by atoms with Crippen molar-refractivity contribution in [2.24, 2.45) is 0 Å². The van der Waals surface area contributed by atoms with Gasteiger partial charge in [0.2, 0.25) is 15.9 Å². The Morgan fingerprint density at radius 1 is 1.15 bits per heavy atom. The molecule has 3 rings (SSSR count). The number of carbonyl (C=O) groups excluding carboxylic acids is 1. The fraction of sp³-hybridized carbons (Fsp3) is 0.500. The minimum atomic E-state index is -3.66. The van der Waals surface area contributed by atoms with E-state index >= 15 is 0 Å². The number of nitrogens with zero attached hydrogens (tertiary/aromatic N) is 2. The number of nitrogens with one attached hydrogen (secondary N) is 3. The van der Waals surface area contributed by atoms with Gasteiger partial charge in [-0.2, -0.15) is 4.31 Å². The first-order valence-corrected chi connectivity index (χ1v) is 10.0. The Morgan fingerprint density at radius 2 is 1.81 bits per heavy atom. The average molecular weight is 418 g/mol.